The first-order valence-corrected chi connectivity index (χ1v) is 9.60. The van der Waals surface area contributed by atoms with E-state index in [0.717, 1.165) is 40.9 Å². The van der Waals surface area contributed by atoms with E-state index >= 15 is 0 Å². The van der Waals surface area contributed by atoms with Gasteiger partial charge in [-0.1, -0.05) is 18.2 Å². The van der Waals surface area contributed by atoms with Crippen molar-refractivity contribution in [2.75, 3.05) is 0 Å². The Balaban J connectivity index is 1.71. The van der Waals surface area contributed by atoms with E-state index in [-0.39, 0.29) is 0 Å². The summed E-state index contributed by atoms with van der Waals surface area (Å²) < 4.78 is 0. The minimum absolute atomic E-state index is 0.374. The van der Waals surface area contributed by atoms with Crippen LogP contribution in [0.2, 0.25) is 0 Å². The van der Waals surface area contributed by atoms with Crippen LogP contribution in [0.5, 0.6) is 0 Å². The predicted molar refractivity (Wildman–Crippen MR) is 114 cm³/mol. The number of aromatic nitrogens is 2. The summed E-state index contributed by atoms with van der Waals surface area (Å²) in [6.45, 7) is 1.93. The summed E-state index contributed by atoms with van der Waals surface area (Å²) in [7, 11) is 0. The van der Waals surface area contributed by atoms with E-state index in [1.807, 2.05) is 55.6 Å². The molecule has 1 aliphatic rings. The van der Waals surface area contributed by atoms with Gasteiger partial charge < -0.3 is 5.32 Å². The largest absolute Gasteiger partial charge is 0.388 e. The van der Waals surface area contributed by atoms with Gasteiger partial charge in [0.05, 0.1) is 28.7 Å². The number of hydrogen-bond donors (Lipinski definition) is 2. The van der Waals surface area contributed by atoms with E-state index in [9.17, 15) is 0 Å². The highest BCUT2D eigenvalue weighted by Crippen LogP contribution is 2.25. The molecule has 0 spiro atoms. The maximum Gasteiger partial charge on any atom is 0.0991 e. The summed E-state index contributed by atoms with van der Waals surface area (Å²) in [6.07, 6.45) is 6.01. The zero-order valence-corrected chi connectivity index (χ0v) is 16.2. The summed E-state index contributed by atoms with van der Waals surface area (Å²) in [6, 6.07) is 19.6. The van der Waals surface area contributed by atoms with Gasteiger partial charge in [0.2, 0.25) is 0 Å². The van der Waals surface area contributed by atoms with Crippen LogP contribution in [0.25, 0.3) is 16.8 Å². The van der Waals surface area contributed by atoms with Gasteiger partial charge in [0.1, 0.15) is 0 Å². The van der Waals surface area contributed by atoms with E-state index in [1.165, 1.54) is 0 Å². The fourth-order valence-electron chi connectivity index (χ4n) is 3.04. The summed E-state index contributed by atoms with van der Waals surface area (Å²) in [5, 5.41) is 21.2. The highest BCUT2D eigenvalue weighted by atomic mass is 14.9. The molecule has 5 heteroatoms. The standard InChI is InChI=1S/C24H21N5/c1-16-3-2-4-22(29-16)24(26)21(15-28-20-9-10-20)19-11-12-27-23(13-19)18-7-5-17(14-25)6-8-18/h2-8,11-13,15,20,26,28H,9-10H2,1H3/b21-15-,26-24?. The number of nitrogens with zero attached hydrogens (tertiary/aromatic N) is 3. The third kappa shape index (κ3) is 4.39. The van der Waals surface area contributed by atoms with Crippen LogP contribution in [0.1, 0.15) is 35.4 Å². The third-order valence-electron chi connectivity index (χ3n) is 4.84. The molecule has 1 aromatic carbocycles. The number of rotatable bonds is 6. The molecule has 0 atom stereocenters. The quantitative estimate of drug-likeness (QED) is 0.618. The molecule has 0 saturated heterocycles. The molecule has 3 aromatic rings. The number of nitrogens with one attached hydrogen (secondary N) is 2. The maximum absolute atomic E-state index is 9.00. The lowest BCUT2D eigenvalue weighted by molar-refractivity contribution is 0.865. The molecule has 0 unspecified atom stereocenters. The summed E-state index contributed by atoms with van der Waals surface area (Å²) in [4.78, 5) is 9.01. The monoisotopic (exact) mass is 379 g/mol. The zero-order chi connectivity index (χ0) is 20.2. The molecule has 0 bridgehead atoms. The molecule has 1 aliphatic carbocycles. The molecule has 2 aromatic heterocycles. The van der Waals surface area contributed by atoms with Gasteiger partial charge >= 0.3 is 0 Å². The zero-order valence-electron chi connectivity index (χ0n) is 16.2. The SMILES string of the molecule is Cc1cccc(C(=N)/C(=C\NC2CC2)c2ccnc(-c3ccc(C#N)cc3)c2)n1. The van der Waals surface area contributed by atoms with Crippen LogP contribution in [0.15, 0.2) is 67.0 Å². The highest BCUT2D eigenvalue weighted by molar-refractivity contribution is 6.29. The van der Waals surface area contributed by atoms with Crippen LogP contribution >= 0.6 is 0 Å². The number of allylic oxidation sites excluding steroid dienone is 1. The Kier molecular flexibility index (Phi) is 5.17. The second-order valence-electron chi connectivity index (χ2n) is 7.16. The number of hydrogen-bond acceptors (Lipinski definition) is 5. The summed E-state index contributed by atoms with van der Waals surface area (Å²) in [5.74, 6) is 0. The topological polar surface area (TPSA) is 85.5 Å². The summed E-state index contributed by atoms with van der Waals surface area (Å²) >= 11 is 0. The van der Waals surface area contributed by atoms with Gasteiger partial charge in [-0.2, -0.15) is 5.26 Å². The van der Waals surface area contributed by atoms with Crippen LogP contribution in [0, 0.1) is 23.7 Å². The Labute approximate surface area is 170 Å². The average molecular weight is 379 g/mol. The number of aryl methyl sites for hydroxylation is 1. The van der Waals surface area contributed by atoms with E-state index in [4.69, 9.17) is 10.7 Å². The van der Waals surface area contributed by atoms with Gasteiger partial charge in [0.25, 0.3) is 0 Å². The lowest BCUT2D eigenvalue weighted by Gasteiger charge is -2.12. The molecule has 0 radical (unpaired) electrons. The van der Waals surface area contributed by atoms with Crippen molar-refractivity contribution in [3.05, 3.63) is 89.5 Å². The lowest BCUT2D eigenvalue weighted by Crippen LogP contribution is -2.13. The average Bonchev–Trinajstić information content (AvgIpc) is 3.58. The van der Waals surface area contributed by atoms with E-state index < -0.39 is 0 Å². The van der Waals surface area contributed by atoms with Crippen LogP contribution < -0.4 is 5.32 Å². The fourth-order valence-corrected chi connectivity index (χ4v) is 3.04. The van der Waals surface area contributed by atoms with Crippen molar-refractivity contribution in [3.8, 4) is 17.3 Å². The van der Waals surface area contributed by atoms with Crippen LogP contribution in [-0.2, 0) is 0 Å². The second-order valence-corrected chi connectivity index (χ2v) is 7.16. The van der Waals surface area contributed by atoms with Gasteiger partial charge in [0.15, 0.2) is 0 Å². The van der Waals surface area contributed by atoms with Crippen molar-refractivity contribution in [1.82, 2.24) is 15.3 Å². The van der Waals surface area contributed by atoms with Gasteiger partial charge in [0, 0.05) is 35.3 Å². The van der Waals surface area contributed by atoms with Crippen molar-refractivity contribution >= 4 is 11.3 Å². The molecule has 2 heterocycles. The Morgan fingerprint density at radius 1 is 1.17 bits per heavy atom. The number of nitriles is 1. The van der Waals surface area contributed by atoms with Crippen LogP contribution in [0.3, 0.4) is 0 Å². The molecule has 142 valence electrons. The summed E-state index contributed by atoms with van der Waals surface area (Å²) in [5.41, 5.74) is 5.94. The lowest BCUT2D eigenvalue weighted by atomic mass is 9.98. The van der Waals surface area contributed by atoms with Crippen molar-refractivity contribution in [1.29, 1.82) is 10.7 Å². The first-order valence-electron chi connectivity index (χ1n) is 9.60. The van der Waals surface area contributed by atoms with Gasteiger partial charge in [-0.3, -0.25) is 15.4 Å². The Morgan fingerprint density at radius 3 is 2.66 bits per heavy atom. The molecular weight excluding hydrogens is 358 g/mol. The molecule has 5 nitrogen and oxygen atoms in total. The highest BCUT2D eigenvalue weighted by Gasteiger charge is 2.21. The van der Waals surface area contributed by atoms with Crippen LogP contribution in [0.4, 0.5) is 0 Å². The third-order valence-corrected chi connectivity index (χ3v) is 4.84. The van der Waals surface area contributed by atoms with E-state index in [0.29, 0.717) is 23.0 Å². The van der Waals surface area contributed by atoms with Crippen molar-refractivity contribution in [2.45, 2.75) is 25.8 Å². The molecular formula is C24H21N5. The molecule has 29 heavy (non-hydrogen) atoms. The Bertz CT molecular complexity index is 1120. The molecule has 1 saturated carbocycles. The van der Waals surface area contributed by atoms with E-state index in [2.05, 4.69) is 21.4 Å². The minimum atomic E-state index is 0.374. The molecule has 2 N–H and O–H groups in total. The first-order chi connectivity index (χ1) is 14.1. The maximum atomic E-state index is 9.00. The van der Waals surface area contributed by atoms with Crippen molar-refractivity contribution in [3.63, 3.8) is 0 Å². The first kappa shape index (κ1) is 18.6. The Hall–Kier alpha value is -3.78. The normalized spacial score (nSPS) is 13.6. The molecule has 1 fully saturated rings. The van der Waals surface area contributed by atoms with Gasteiger partial charge in [-0.15, -0.1) is 0 Å². The number of pyridine rings is 2. The van der Waals surface area contributed by atoms with Gasteiger partial charge in [-0.05, 0) is 61.7 Å². The van der Waals surface area contributed by atoms with Gasteiger partial charge in [-0.25, -0.2) is 0 Å². The van der Waals surface area contributed by atoms with Crippen molar-refractivity contribution in [2.24, 2.45) is 0 Å². The van der Waals surface area contributed by atoms with Crippen LogP contribution in [-0.4, -0.2) is 21.7 Å². The molecule has 0 aliphatic heterocycles. The Morgan fingerprint density at radius 2 is 1.97 bits per heavy atom. The minimum Gasteiger partial charge on any atom is -0.388 e. The number of benzene rings is 1. The second kappa shape index (κ2) is 8.07. The van der Waals surface area contributed by atoms with Crippen molar-refractivity contribution < 1.29 is 0 Å². The van der Waals surface area contributed by atoms with E-state index in [1.54, 1.807) is 18.3 Å². The molecule has 4 rings (SSSR count). The fraction of sp³-hybridized carbons (Fsp3) is 0.167. The smallest absolute Gasteiger partial charge is 0.0991 e. The predicted octanol–water partition coefficient (Wildman–Crippen LogP) is 4.48. The molecule has 0 amide bonds.